The first-order chi connectivity index (χ1) is 17.0. The SMILES string of the molecule is CCCOCCOCCN(CCOCCO)c1ccc(N=Nc2sc(C#N)c(C)c2C#N)c(C)c1. The molecule has 0 saturated heterocycles. The average Bonchev–Trinajstić information content (AvgIpc) is 3.18. The van der Waals surface area contributed by atoms with Crippen LogP contribution in [0.1, 0.15) is 34.9 Å². The summed E-state index contributed by atoms with van der Waals surface area (Å²) in [5, 5.41) is 36.6. The van der Waals surface area contributed by atoms with Gasteiger partial charge in [0.05, 0.1) is 50.9 Å². The van der Waals surface area contributed by atoms with Crippen molar-refractivity contribution in [2.45, 2.75) is 27.2 Å². The zero-order valence-corrected chi connectivity index (χ0v) is 21.4. The summed E-state index contributed by atoms with van der Waals surface area (Å²) in [7, 11) is 0. The molecule has 0 amide bonds. The second kappa shape index (κ2) is 15.9. The van der Waals surface area contributed by atoms with Crippen LogP contribution in [0, 0.1) is 36.5 Å². The van der Waals surface area contributed by atoms with Gasteiger partial charge in [-0.05, 0) is 49.6 Å². The normalized spacial score (nSPS) is 11.0. The van der Waals surface area contributed by atoms with E-state index < -0.39 is 0 Å². The second-order valence-corrected chi connectivity index (χ2v) is 8.68. The van der Waals surface area contributed by atoms with Crippen molar-refractivity contribution >= 4 is 27.7 Å². The Labute approximate surface area is 211 Å². The van der Waals surface area contributed by atoms with Crippen LogP contribution in [-0.2, 0) is 14.2 Å². The largest absolute Gasteiger partial charge is 0.394 e. The summed E-state index contributed by atoms with van der Waals surface area (Å²) in [6.45, 7) is 10.3. The first kappa shape index (κ1) is 28.4. The van der Waals surface area contributed by atoms with E-state index in [1.54, 1.807) is 6.92 Å². The number of nitriles is 2. The highest BCUT2D eigenvalue weighted by atomic mass is 32.1. The third kappa shape index (κ3) is 9.02. The maximum absolute atomic E-state index is 9.40. The van der Waals surface area contributed by atoms with E-state index in [2.05, 4.69) is 34.2 Å². The second-order valence-electron chi connectivity index (χ2n) is 7.68. The molecule has 0 aliphatic rings. The van der Waals surface area contributed by atoms with Gasteiger partial charge in [0.1, 0.15) is 17.0 Å². The number of ether oxygens (including phenoxy) is 3. The minimum atomic E-state index is -0.00712. The molecule has 188 valence electrons. The van der Waals surface area contributed by atoms with Gasteiger partial charge in [-0.1, -0.05) is 6.92 Å². The van der Waals surface area contributed by atoms with E-state index in [4.69, 9.17) is 19.3 Å². The summed E-state index contributed by atoms with van der Waals surface area (Å²) in [5.74, 6) is 0. The Kier molecular flexibility index (Phi) is 12.9. The molecule has 1 heterocycles. The molecule has 2 rings (SSSR count). The van der Waals surface area contributed by atoms with Crippen molar-refractivity contribution in [2.75, 3.05) is 64.2 Å². The number of aryl methyl sites for hydroxylation is 1. The van der Waals surface area contributed by atoms with E-state index >= 15 is 0 Å². The monoisotopic (exact) mass is 499 g/mol. The third-order valence-electron chi connectivity index (χ3n) is 5.10. The number of hydrogen-bond acceptors (Lipinski definition) is 10. The summed E-state index contributed by atoms with van der Waals surface area (Å²) in [4.78, 5) is 2.63. The molecule has 1 aromatic carbocycles. The quantitative estimate of drug-likeness (QED) is 0.260. The molecule has 0 fully saturated rings. The van der Waals surface area contributed by atoms with Crippen LogP contribution in [0.4, 0.5) is 16.4 Å². The maximum atomic E-state index is 9.40. The van der Waals surface area contributed by atoms with Gasteiger partial charge in [0.2, 0.25) is 0 Å². The standard InChI is InChI=1S/C25H33N5O4S/c1-4-10-32-14-15-34-12-8-30(7-11-33-13-9-31)21-5-6-23(19(2)16-21)28-29-25-22(17-26)20(3)24(18-27)35-25/h5-6,16,31H,4,7-15H2,1-3H3. The number of hydrogen-bond donors (Lipinski definition) is 1. The molecule has 0 aliphatic carbocycles. The Morgan fingerprint density at radius 3 is 2.23 bits per heavy atom. The van der Waals surface area contributed by atoms with Gasteiger partial charge >= 0.3 is 0 Å². The molecule has 35 heavy (non-hydrogen) atoms. The van der Waals surface area contributed by atoms with Crippen LogP contribution in [0.5, 0.6) is 0 Å². The van der Waals surface area contributed by atoms with E-state index in [-0.39, 0.29) is 6.61 Å². The minimum Gasteiger partial charge on any atom is -0.394 e. The van der Waals surface area contributed by atoms with E-state index in [1.165, 1.54) is 11.3 Å². The number of aliphatic hydroxyl groups excluding tert-OH is 1. The fourth-order valence-electron chi connectivity index (χ4n) is 3.21. The maximum Gasteiger partial charge on any atom is 0.158 e. The van der Waals surface area contributed by atoms with E-state index in [0.29, 0.717) is 72.8 Å². The van der Waals surface area contributed by atoms with Gasteiger partial charge in [-0.2, -0.15) is 10.5 Å². The molecular formula is C25H33N5O4S. The van der Waals surface area contributed by atoms with Gasteiger partial charge in [-0.25, -0.2) is 0 Å². The van der Waals surface area contributed by atoms with Crippen molar-refractivity contribution in [3.8, 4) is 12.1 Å². The number of nitrogens with zero attached hydrogens (tertiary/aromatic N) is 5. The average molecular weight is 500 g/mol. The van der Waals surface area contributed by atoms with Gasteiger partial charge < -0.3 is 24.2 Å². The van der Waals surface area contributed by atoms with Crippen LogP contribution in [0.25, 0.3) is 0 Å². The summed E-state index contributed by atoms with van der Waals surface area (Å²) >= 11 is 1.17. The topological polar surface area (TPSA) is 123 Å². The molecule has 2 aromatic rings. The molecule has 1 N–H and O–H groups in total. The van der Waals surface area contributed by atoms with Crippen LogP contribution < -0.4 is 4.90 Å². The van der Waals surface area contributed by atoms with Crippen LogP contribution in [0.15, 0.2) is 28.4 Å². The van der Waals surface area contributed by atoms with Crippen molar-refractivity contribution in [1.29, 1.82) is 10.5 Å². The first-order valence-corrected chi connectivity index (χ1v) is 12.4. The van der Waals surface area contributed by atoms with Crippen molar-refractivity contribution in [3.05, 3.63) is 39.8 Å². The molecular weight excluding hydrogens is 466 g/mol. The van der Waals surface area contributed by atoms with Gasteiger partial charge in [0, 0.05) is 25.4 Å². The van der Waals surface area contributed by atoms with Crippen LogP contribution in [0.3, 0.4) is 0 Å². The fourth-order valence-corrected chi connectivity index (χ4v) is 4.08. The molecule has 0 unspecified atom stereocenters. The zero-order valence-electron chi connectivity index (χ0n) is 20.6. The van der Waals surface area contributed by atoms with Gasteiger partial charge in [-0.3, -0.25) is 0 Å². The lowest BCUT2D eigenvalue weighted by molar-refractivity contribution is 0.0498. The van der Waals surface area contributed by atoms with Crippen molar-refractivity contribution in [2.24, 2.45) is 10.2 Å². The third-order valence-corrected chi connectivity index (χ3v) is 6.18. The lowest BCUT2D eigenvalue weighted by Crippen LogP contribution is -2.31. The first-order valence-electron chi connectivity index (χ1n) is 11.6. The molecule has 1 aromatic heterocycles. The van der Waals surface area contributed by atoms with E-state index in [9.17, 15) is 10.5 Å². The molecule has 0 spiro atoms. The highest BCUT2D eigenvalue weighted by Crippen LogP contribution is 2.36. The predicted molar refractivity (Wildman–Crippen MR) is 136 cm³/mol. The Morgan fingerprint density at radius 2 is 1.63 bits per heavy atom. The molecule has 0 atom stereocenters. The fraction of sp³-hybridized carbons (Fsp3) is 0.520. The Morgan fingerprint density at radius 1 is 0.943 bits per heavy atom. The number of aliphatic hydroxyl groups is 1. The predicted octanol–water partition coefficient (Wildman–Crippen LogP) is 4.78. The summed E-state index contributed by atoms with van der Waals surface area (Å²) in [5.41, 5.74) is 3.63. The molecule has 0 aliphatic heterocycles. The number of rotatable bonds is 16. The Hall–Kier alpha value is -2.86. The highest BCUT2D eigenvalue weighted by Gasteiger charge is 2.15. The minimum absolute atomic E-state index is 0.00712. The summed E-state index contributed by atoms with van der Waals surface area (Å²) < 4.78 is 16.6. The number of thiophene rings is 1. The van der Waals surface area contributed by atoms with Gasteiger partial charge in [-0.15, -0.1) is 21.6 Å². The number of benzene rings is 1. The molecule has 10 heteroatoms. The number of azo groups is 1. The summed E-state index contributed by atoms with van der Waals surface area (Å²) in [6, 6.07) is 10.1. The van der Waals surface area contributed by atoms with Gasteiger partial charge in [0.25, 0.3) is 0 Å². The smallest absolute Gasteiger partial charge is 0.158 e. The van der Waals surface area contributed by atoms with Crippen LogP contribution >= 0.6 is 11.3 Å². The van der Waals surface area contributed by atoms with Crippen molar-refractivity contribution in [1.82, 2.24) is 0 Å². The zero-order chi connectivity index (χ0) is 25.5. The van der Waals surface area contributed by atoms with Crippen molar-refractivity contribution in [3.63, 3.8) is 0 Å². The number of anilines is 1. The molecule has 9 nitrogen and oxygen atoms in total. The summed E-state index contributed by atoms with van der Waals surface area (Å²) in [6.07, 6.45) is 0.990. The lowest BCUT2D eigenvalue weighted by atomic mass is 10.1. The van der Waals surface area contributed by atoms with Crippen LogP contribution in [-0.4, -0.2) is 64.4 Å². The lowest BCUT2D eigenvalue weighted by Gasteiger charge is -2.25. The molecule has 0 saturated carbocycles. The van der Waals surface area contributed by atoms with Crippen molar-refractivity contribution < 1.29 is 19.3 Å². The van der Waals surface area contributed by atoms with Crippen LogP contribution in [0.2, 0.25) is 0 Å². The molecule has 0 bridgehead atoms. The van der Waals surface area contributed by atoms with E-state index in [1.807, 2.05) is 25.1 Å². The molecule has 0 radical (unpaired) electrons. The van der Waals surface area contributed by atoms with E-state index in [0.717, 1.165) is 24.3 Å². The van der Waals surface area contributed by atoms with Gasteiger partial charge in [0.15, 0.2) is 5.00 Å². The highest BCUT2D eigenvalue weighted by molar-refractivity contribution is 7.16. The Balaban J connectivity index is 2.08. The Bertz CT molecular complexity index is 1040.